The summed E-state index contributed by atoms with van der Waals surface area (Å²) in [6.45, 7) is 1.98. The van der Waals surface area contributed by atoms with Crippen LogP contribution in [0.5, 0.6) is 0 Å². The summed E-state index contributed by atoms with van der Waals surface area (Å²) in [6.07, 6.45) is -0.385. The van der Waals surface area contributed by atoms with Gasteiger partial charge in [-0.1, -0.05) is 0 Å². The Morgan fingerprint density at radius 2 is 2.31 bits per heavy atom. The Balaban J connectivity index is 2.58. The smallest absolute Gasteiger partial charge is 0.295 e. The van der Waals surface area contributed by atoms with Crippen molar-refractivity contribution in [2.45, 2.75) is 25.8 Å². The van der Waals surface area contributed by atoms with Gasteiger partial charge in [-0.25, -0.2) is 13.8 Å². The molecule has 1 atom stereocenters. The quantitative estimate of drug-likeness (QED) is 0.753. The third-order valence-electron chi connectivity index (χ3n) is 1.87. The lowest BCUT2D eigenvalue weighted by Crippen LogP contribution is -2.23. The van der Waals surface area contributed by atoms with Crippen LogP contribution in [0.3, 0.4) is 0 Å². The summed E-state index contributed by atoms with van der Waals surface area (Å²) in [6, 6.07) is 0.256. The fourth-order valence-corrected chi connectivity index (χ4v) is 1.02. The molecule has 1 aromatic rings. The van der Waals surface area contributed by atoms with Crippen LogP contribution >= 0.6 is 0 Å². The number of imidazole rings is 1. The maximum absolute atomic E-state index is 12.1. The zero-order chi connectivity index (χ0) is 9.84. The lowest BCUT2D eigenvalue weighted by atomic mass is 10.2. The number of hydrogen-bond acceptors (Lipinski definition) is 2. The molecular weight excluding hydrogens is 176 g/mol. The van der Waals surface area contributed by atoms with Crippen molar-refractivity contribution >= 4 is 0 Å². The van der Waals surface area contributed by atoms with E-state index in [0.29, 0.717) is 6.42 Å². The molecule has 0 spiro atoms. The van der Waals surface area contributed by atoms with Crippen molar-refractivity contribution in [3.63, 3.8) is 0 Å². The molecule has 0 fully saturated rings. The van der Waals surface area contributed by atoms with Gasteiger partial charge in [-0.05, 0) is 14.0 Å². The van der Waals surface area contributed by atoms with E-state index in [-0.39, 0.29) is 11.9 Å². The van der Waals surface area contributed by atoms with Gasteiger partial charge in [0.1, 0.15) is 0 Å². The van der Waals surface area contributed by atoms with E-state index in [9.17, 15) is 8.78 Å². The molecule has 1 heterocycles. The Labute approximate surface area is 75.6 Å². The van der Waals surface area contributed by atoms with Crippen molar-refractivity contribution < 1.29 is 8.78 Å². The summed E-state index contributed by atoms with van der Waals surface area (Å²) in [5.41, 5.74) is 0.733. The van der Waals surface area contributed by atoms with Gasteiger partial charge >= 0.3 is 0 Å². The summed E-state index contributed by atoms with van der Waals surface area (Å²) < 4.78 is 24.2. The van der Waals surface area contributed by atoms with Crippen LogP contribution in [-0.2, 0) is 6.42 Å². The SMILES string of the molecule is CNC(C)Cc1cnc(C(F)F)[nH]1. The predicted octanol–water partition coefficient (Wildman–Crippen LogP) is 1.50. The number of rotatable bonds is 4. The van der Waals surface area contributed by atoms with E-state index < -0.39 is 6.43 Å². The highest BCUT2D eigenvalue weighted by Gasteiger charge is 2.11. The van der Waals surface area contributed by atoms with Crippen LogP contribution in [0.25, 0.3) is 0 Å². The molecule has 0 aliphatic rings. The normalized spacial score (nSPS) is 13.6. The monoisotopic (exact) mass is 189 g/mol. The minimum Gasteiger partial charge on any atom is -0.341 e. The second-order valence-electron chi connectivity index (χ2n) is 2.99. The van der Waals surface area contributed by atoms with Gasteiger partial charge in [-0.3, -0.25) is 0 Å². The van der Waals surface area contributed by atoms with Gasteiger partial charge < -0.3 is 10.3 Å². The minimum absolute atomic E-state index is 0.252. The highest BCUT2D eigenvalue weighted by Crippen LogP contribution is 2.14. The maximum atomic E-state index is 12.1. The Morgan fingerprint density at radius 3 is 2.77 bits per heavy atom. The topological polar surface area (TPSA) is 40.7 Å². The molecule has 1 rings (SSSR count). The average molecular weight is 189 g/mol. The van der Waals surface area contributed by atoms with Crippen molar-refractivity contribution in [1.82, 2.24) is 15.3 Å². The van der Waals surface area contributed by atoms with Crippen molar-refractivity contribution in [1.29, 1.82) is 0 Å². The third-order valence-corrected chi connectivity index (χ3v) is 1.87. The lowest BCUT2D eigenvalue weighted by Gasteiger charge is -2.06. The van der Waals surface area contributed by atoms with Crippen molar-refractivity contribution in [2.24, 2.45) is 0 Å². The number of H-pyrrole nitrogens is 1. The Hall–Kier alpha value is -0.970. The Kier molecular flexibility index (Phi) is 3.36. The number of nitrogens with zero attached hydrogens (tertiary/aromatic N) is 1. The van der Waals surface area contributed by atoms with Crippen LogP contribution in [0.2, 0.25) is 0 Å². The van der Waals surface area contributed by atoms with E-state index in [0.717, 1.165) is 5.69 Å². The molecule has 0 aromatic carbocycles. The van der Waals surface area contributed by atoms with Crippen molar-refractivity contribution in [2.75, 3.05) is 7.05 Å². The van der Waals surface area contributed by atoms with Crippen LogP contribution in [0.4, 0.5) is 8.78 Å². The second kappa shape index (κ2) is 4.32. The zero-order valence-corrected chi connectivity index (χ0v) is 7.64. The molecule has 1 unspecified atom stereocenters. The van der Waals surface area contributed by atoms with Gasteiger partial charge in [0.15, 0.2) is 5.82 Å². The van der Waals surface area contributed by atoms with Gasteiger partial charge in [0.2, 0.25) is 0 Å². The van der Waals surface area contributed by atoms with E-state index in [1.54, 1.807) is 0 Å². The van der Waals surface area contributed by atoms with E-state index in [1.807, 2.05) is 14.0 Å². The molecule has 5 heteroatoms. The molecule has 13 heavy (non-hydrogen) atoms. The van der Waals surface area contributed by atoms with E-state index >= 15 is 0 Å². The van der Waals surface area contributed by atoms with Crippen LogP contribution in [0.15, 0.2) is 6.20 Å². The van der Waals surface area contributed by atoms with Crippen molar-refractivity contribution in [3.8, 4) is 0 Å². The summed E-state index contributed by atoms with van der Waals surface area (Å²) >= 11 is 0. The first-order valence-electron chi connectivity index (χ1n) is 4.12. The van der Waals surface area contributed by atoms with Crippen LogP contribution in [0, 0.1) is 0 Å². The molecule has 0 radical (unpaired) electrons. The van der Waals surface area contributed by atoms with E-state index in [4.69, 9.17) is 0 Å². The highest BCUT2D eigenvalue weighted by atomic mass is 19.3. The van der Waals surface area contributed by atoms with Gasteiger partial charge in [0, 0.05) is 24.4 Å². The molecule has 0 saturated carbocycles. The molecule has 0 amide bonds. The molecular formula is C8H13F2N3. The van der Waals surface area contributed by atoms with Crippen molar-refractivity contribution in [3.05, 3.63) is 17.7 Å². The number of alkyl halides is 2. The molecule has 0 aliphatic heterocycles. The molecule has 1 aromatic heterocycles. The predicted molar refractivity (Wildman–Crippen MR) is 45.8 cm³/mol. The number of aromatic nitrogens is 2. The maximum Gasteiger partial charge on any atom is 0.295 e. The van der Waals surface area contributed by atoms with E-state index in [2.05, 4.69) is 15.3 Å². The van der Waals surface area contributed by atoms with Gasteiger partial charge in [-0.15, -0.1) is 0 Å². The van der Waals surface area contributed by atoms with Gasteiger partial charge in [0.25, 0.3) is 6.43 Å². The third kappa shape index (κ3) is 2.77. The summed E-state index contributed by atoms with van der Waals surface area (Å²) in [5.74, 6) is -0.252. The molecule has 0 saturated heterocycles. The average Bonchev–Trinajstić information content (AvgIpc) is 2.52. The second-order valence-corrected chi connectivity index (χ2v) is 2.99. The first kappa shape index (κ1) is 10.1. The zero-order valence-electron chi connectivity index (χ0n) is 7.64. The Bertz CT molecular complexity index is 260. The lowest BCUT2D eigenvalue weighted by molar-refractivity contribution is 0.141. The molecule has 0 aliphatic carbocycles. The Morgan fingerprint density at radius 1 is 1.62 bits per heavy atom. The standard InChI is InChI=1S/C8H13F2N3/c1-5(11-2)3-6-4-12-8(13-6)7(9)10/h4-5,7,11H,3H2,1-2H3,(H,12,13). The summed E-state index contributed by atoms with van der Waals surface area (Å²) in [4.78, 5) is 6.15. The number of halogens is 2. The molecule has 2 N–H and O–H groups in total. The first-order valence-corrected chi connectivity index (χ1v) is 4.12. The minimum atomic E-state index is -2.52. The van der Waals surface area contributed by atoms with Crippen LogP contribution < -0.4 is 5.32 Å². The molecule has 3 nitrogen and oxygen atoms in total. The van der Waals surface area contributed by atoms with Crippen LogP contribution in [-0.4, -0.2) is 23.1 Å². The summed E-state index contributed by atoms with van der Waals surface area (Å²) in [7, 11) is 1.83. The van der Waals surface area contributed by atoms with Gasteiger partial charge in [0.05, 0.1) is 0 Å². The number of likely N-dealkylation sites (N-methyl/N-ethyl adjacent to an activating group) is 1. The number of hydrogen-bond donors (Lipinski definition) is 2. The fourth-order valence-electron chi connectivity index (χ4n) is 1.02. The van der Waals surface area contributed by atoms with Crippen LogP contribution in [0.1, 0.15) is 24.9 Å². The summed E-state index contributed by atoms with van der Waals surface area (Å²) in [5, 5.41) is 3.02. The van der Waals surface area contributed by atoms with E-state index in [1.165, 1.54) is 6.20 Å². The van der Waals surface area contributed by atoms with Gasteiger partial charge in [-0.2, -0.15) is 0 Å². The fraction of sp³-hybridized carbons (Fsp3) is 0.625. The first-order chi connectivity index (χ1) is 6.13. The number of nitrogens with one attached hydrogen (secondary N) is 2. The molecule has 74 valence electrons. The molecule has 0 bridgehead atoms. The largest absolute Gasteiger partial charge is 0.341 e. The highest BCUT2D eigenvalue weighted by molar-refractivity contribution is 5.03. The number of aromatic amines is 1.